The lowest BCUT2D eigenvalue weighted by atomic mass is 10.2. The maximum Gasteiger partial charge on any atom is 0.225 e. The van der Waals surface area contributed by atoms with Crippen molar-refractivity contribution in [2.45, 2.75) is 19.9 Å². The molecule has 0 aliphatic carbocycles. The second-order valence-corrected chi connectivity index (χ2v) is 7.68. The zero-order valence-corrected chi connectivity index (χ0v) is 14.7. The number of hydrogen-bond donors (Lipinski definition) is 1. The fraction of sp³-hybridized carbons (Fsp3) is 0.278. The number of nitrogens with zero attached hydrogens (tertiary/aromatic N) is 1. The number of rotatable bonds is 7. The number of carbonyl (C=O) groups excluding carboxylic acids is 1. The molecule has 0 spiro atoms. The molecule has 0 aromatic heterocycles. The molecule has 0 fully saturated rings. The molecule has 1 amide bonds. The Bertz CT molecular complexity index is 789. The van der Waals surface area contributed by atoms with Crippen LogP contribution in [0, 0.1) is 6.92 Å². The molecule has 0 heterocycles. The normalized spacial score (nSPS) is 11.5. The van der Waals surface area contributed by atoms with Crippen LogP contribution in [0.1, 0.15) is 17.5 Å². The Balaban J connectivity index is 1.98. The van der Waals surface area contributed by atoms with E-state index in [2.05, 4.69) is 5.32 Å². The highest BCUT2D eigenvalue weighted by molar-refractivity contribution is 7.88. The van der Waals surface area contributed by atoms with Crippen LogP contribution in [-0.4, -0.2) is 31.4 Å². The summed E-state index contributed by atoms with van der Waals surface area (Å²) in [6.45, 7) is 2.32. The van der Waals surface area contributed by atoms with Crippen LogP contribution in [0.15, 0.2) is 54.6 Å². The molecule has 0 aliphatic rings. The topological polar surface area (TPSA) is 66.5 Å². The van der Waals surface area contributed by atoms with Crippen molar-refractivity contribution < 1.29 is 13.2 Å². The molecule has 2 aromatic rings. The van der Waals surface area contributed by atoms with Gasteiger partial charge in [0.1, 0.15) is 0 Å². The van der Waals surface area contributed by atoms with Crippen molar-refractivity contribution in [1.82, 2.24) is 4.31 Å². The third-order valence-electron chi connectivity index (χ3n) is 3.68. The van der Waals surface area contributed by atoms with Gasteiger partial charge in [-0.1, -0.05) is 48.5 Å². The summed E-state index contributed by atoms with van der Waals surface area (Å²) in [5, 5.41) is 2.82. The molecule has 128 valence electrons. The third kappa shape index (κ3) is 5.47. The zero-order chi connectivity index (χ0) is 17.6. The van der Waals surface area contributed by atoms with Gasteiger partial charge in [-0.05, 0) is 24.1 Å². The highest BCUT2D eigenvalue weighted by Gasteiger charge is 2.18. The van der Waals surface area contributed by atoms with Crippen molar-refractivity contribution >= 4 is 21.6 Å². The molecule has 0 saturated carbocycles. The average Bonchev–Trinajstić information content (AvgIpc) is 2.53. The van der Waals surface area contributed by atoms with E-state index in [4.69, 9.17) is 0 Å². The van der Waals surface area contributed by atoms with Gasteiger partial charge in [0.15, 0.2) is 0 Å². The van der Waals surface area contributed by atoms with E-state index in [1.165, 1.54) is 4.31 Å². The minimum Gasteiger partial charge on any atom is -0.326 e. The van der Waals surface area contributed by atoms with Gasteiger partial charge in [0.2, 0.25) is 15.9 Å². The van der Waals surface area contributed by atoms with Gasteiger partial charge >= 0.3 is 0 Å². The van der Waals surface area contributed by atoms with E-state index < -0.39 is 10.0 Å². The molecule has 0 aliphatic heterocycles. The second kappa shape index (κ2) is 8.08. The van der Waals surface area contributed by atoms with Gasteiger partial charge in [-0.2, -0.15) is 4.31 Å². The Kier molecular flexibility index (Phi) is 6.11. The maximum absolute atomic E-state index is 12.1. The van der Waals surface area contributed by atoms with Gasteiger partial charge in [-0.3, -0.25) is 4.79 Å². The molecule has 0 saturated heterocycles. The van der Waals surface area contributed by atoms with Gasteiger partial charge in [0, 0.05) is 25.2 Å². The molecule has 1 N–H and O–H groups in total. The maximum atomic E-state index is 12.1. The average molecular weight is 346 g/mol. The fourth-order valence-electron chi connectivity index (χ4n) is 2.30. The summed E-state index contributed by atoms with van der Waals surface area (Å²) < 4.78 is 25.2. The molecule has 0 radical (unpaired) electrons. The highest BCUT2D eigenvalue weighted by Crippen LogP contribution is 2.14. The quantitative estimate of drug-likeness (QED) is 0.838. The van der Waals surface area contributed by atoms with E-state index in [9.17, 15) is 13.2 Å². The highest BCUT2D eigenvalue weighted by atomic mass is 32.2. The summed E-state index contributed by atoms with van der Waals surface area (Å²) in [6, 6.07) is 16.8. The summed E-state index contributed by atoms with van der Waals surface area (Å²) in [6.07, 6.45) is 1.27. The van der Waals surface area contributed by atoms with E-state index in [1.807, 2.05) is 61.5 Å². The number of hydrogen-bond acceptors (Lipinski definition) is 3. The van der Waals surface area contributed by atoms with Gasteiger partial charge in [0.05, 0.1) is 6.26 Å². The van der Waals surface area contributed by atoms with Crippen LogP contribution in [0.25, 0.3) is 0 Å². The number of sulfonamides is 1. The molecule has 2 aromatic carbocycles. The molecule has 0 atom stereocenters. The summed E-state index contributed by atoms with van der Waals surface area (Å²) in [4.78, 5) is 12.1. The molecular weight excluding hydrogens is 324 g/mol. The molecule has 5 nitrogen and oxygen atoms in total. The largest absolute Gasteiger partial charge is 0.326 e. The Morgan fingerprint density at radius 3 is 2.29 bits per heavy atom. The first-order valence-corrected chi connectivity index (χ1v) is 9.55. The molecule has 2 rings (SSSR count). The minimum absolute atomic E-state index is 0.105. The van der Waals surface area contributed by atoms with Crippen LogP contribution in [0.4, 0.5) is 5.69 Å². The van der Waals surface area contributed by atoms with Gasteiger partial charge in [-0.15, -0.1) is 0 Å². The third-order valence-corrected chi connectivity index (χ3v) is 4.93. The van der Waals surface area contributed by atoms with E-state index in [1.54, 1.807) is 0 Å². The van der Waals surface area contributed by atoms with Crippen molar-refractivity contribution in [3.8, 4) is 0 Å². The molecule has 0 unspecified atom stereocenters. The Morgan fingerprint density at radius 1 is 1.04 bits per heavy atom. The van der Waals surface area contributed by atoms with Crippen LogP contribution in [0.2, 0.25) is 0 Å². The fourth-order valence-corrected chi connectivity index (χ4v) is 3.11. The number of nitrogens with one attached hydrogen (secondary N) is 1. The Labute approximate surface area is 143 Å². The van der Waals surface area contributed by atoms with Gasteiger partial charge in [0.25, 0.3) is 0 Å². The Hall–Kier alpha value is -2.18. The standard InChI is InChI=1S/C18H22N2O3S/c1-15-8-6-7-11-17(15)19-18(21)12-13-20(24(2,22)23)14-16-9-4-3-5-10-16/h3-11H,12-14H2,1-2H3,(H,19,21). The number of carbonyl (C=O) groups is 1. The number of anilines is 1. The first-order valence-electron chi connectivity index (χ1n) is 7.71. The number of benzene rings is 2. The minimum atomic E-state index is -3.39. The predicted octanol–water partition coefficient (Wildman–Crippen LogP) is 2.79. The predicted molar refractivity (Wildman–Crippen MR) is 96.1 cm³/mol. The summed E-state index contributed by atoms with van der Waals surface area (Å²) >= 11 is 0. The smallest absolute Gasteiger partial charge is 0.225 e. The zero-order valence-electron chi connectivity index (χ0n) is 13.9. The molecule has 0 bridgehead atoms. The van der Waals surface area contributed by atoms with Crippen LogP contribution in [-0.2, 0) is 21.4 Å². The summed E-state index contributed by atoms with van der Waals surface area (Å²) in [7, 11) is -3.39. The second-order valence-electron chi connectivity index (χ2n) is 5.70. The first-order chi connectivity index (χ1) is 11.4. The lowest BCUT2D eigenvalue weighted by Gasteiger charge is -2.20. The lowest BCUT2D eigenvalue weighted by Crippen LogP contribution is -2.32. The molecule has 24 heavy (non-hydrogen) atoms. The first kappa shape index (κ1) is 18.2. The van der Waals surface area contributed by atoms with E-state index in [0.29, 0.717) is 0 Å². The van der Waals surface area contributed by atoms with Gasteiger partial charge < -0.3 is 5.32 Å². The van der Waals surface area contributed by atoms with Crippen molar-refractivity contribution in [2.24, 2.45) is 0 Å². The van der Waals surface area contributed by atoms with Crippen molar-refractivity contribution in [2.75, 3.05) is 18.1 Å². The Morgan fingerprint density at radius 2 is 1.67 bits per heavy atom. The van der Waals surface area contributed by atoms with E-state index in [0.717, 1.165) is 23.1 Å². The van der Waals surface area contributed by atoms with Gasteiger partial charge in [-0.25, -0.2) is 8.42 Å². The van der Waals surface area contributed by atoms with E-state index >= 15 is 0 Å². The summed E-state index contributed by atoms with van der Waals surface area (Å²) in [5.41, 5.74) is 2.61. The van der Waals surface area contributed by atoms with Crippen molar-refractivity contribution in [3.63, 3.8) is 0 Å². The van der Waals surface area contributed by atoms with Crippen LogP contribution in [0.5, 0.6) is 0 Å². The monoisotopic (exact) mass is 346 g/mol. The van der Waals surface area contributed by atoms with Crippen LogP contribution >= 0.6 is 0 Å². The van der Waals surface area contributed by atoms with Crippen molar-refractivity contribution in [3.05, 3.63) is 65.7 Å². The van der Waals surface area contributed by atoms with Crippen molar-refractivity contribution in [1.29, 1.82) is 0 Å². The number of para-hydroxylation sites is 1. The van der Waals surface area contributed by atoms with E-state index in [-0.39, 0.29) is 25.4 Å². The number of amides is 1. The lowest BCUT2D eigenvalue weighted by molar-refractivity contribution is -0.116. The molecular formula is C18H22N2O3S. The SMILES string of the molecule is Cc1ccccc1NC(=O)CCN(Cc1ccccc1)S(C)(=O)=O. The van der Waals surface area contributed by atoms with Crippen LogP contribution in [0.3, 0.4) is 0 Å². The number of aryl methyl sites for hydroxylation is 1. The van der Waals surface area contributed by atoms with Crippen LogP contribution < -0.4 is 5.32 Å². The molecule has 6 heteroatoms. The summed E-state index contributed by atoms with van der Waals surface area (Å²) in [5.74, 6) is -0.203.